The number of amides is 2. The molecule has 1 aromatic carbocycles. The lowest BCUT2D eigenvalue weighted by atomic mass is 10.1. The van der Waals surface area contributed by atoms with Crippen molar-refractivity contribution < 1.29 is 14.3 Å². The Labute approximate surface area is 124 Å². The highest BCUT2D eigenvalue weighted by molar-refractivity contribution is 5.89. The Balaban J connectivity index is 1.60. The predicted octanol–water partition coefficient (Wildman–Crippen LogP) is 0.894. The third-order valence-electron chi connectivity index (χ3n) is 4.10. The number of nitrogens with zero attached hydrogens (tertiary/aromatic N) is 2. The van der Waals surface area contributed by atoms with E-state index in [1.165, 1.54) is 0 Å². The number of ether oxygens (including phenoxy) is 1. The highest BCUT2D eigenvalue weighted by atomic mass is 16.5. The molecule has 1 unspecified atom stereocenters. The molecule has 0 N–H and O–H groups in total. The molecule has 2 amide bonds. The van der Waals surface area contributed by atoms with Gasteiger partial charge in [-0.05, 0) is 5.56 Å². The van der Waals surface area contributed by atoms with E-state index in [0.717, 1.165) is 5.56 Å². The van der Waals surface area contributed by atoms with Crippen LogP contribution in [0.15, 0.2) is 30.3 Å². The zero-order valence-electron chi connectivity index (χ0n) is 12.0. The number of likely N-dealkylation sites (tertiary alicyclic amines) is 1. The maximum Gasteiger partial charge on any atom is 0.228 e. The Kier molecular flexibility index (Phi) is 4.20. The summed E-state index contributed by atoms with van der Waals surface area (Å²) in [6.45, 7) is 3.60. The van der Waals surface area contributed by atoms with E-state index in [9.17, 15) is 9.59 Å². The molecule has 0 aromatic heterocycles. The van der Waals surface area contributed by atoms with Crippen molar-refractivity contribution in [2.24, 2.45) is 5.92 Å². The summed E-state index contributed by atoms with van der Waals surface area (Å²) < 4.78 is 5.26. The standard InChI is InChI=1S/C16H20N2O3/c19-15-10-14(16(20)17-6-8-21-9-7-17)12-18(15)11-13-4-2-1-3-5-13/h1-5,14H,6-12H2. The lowest BCUT2D eigenvalue weighted by molar-refractivity contribution is -0.139. The van der Waals surface area contributed by atoms with E-state index >= 15 is 0 Å². The third-order valence-corrected chi connectivity index (χ3v) is 4.10. The van der Waals surface area contributed by atoms with Crippen molar-refractivity contribution in [2.75, 3.05) is 32.8 Å². The van der Waals surface area contributed by atoms with Crippen molar-refractivity contribution in [2.45, 2.75) is 13.0 Å². The molecular weight excluding hydrogens is 268 g/mol. The second-order valence-corrected chi connectivity index (χ2v) is 5.60. The molecule has 1 atom stereocenters. The van der Waals surface area contributed by atoms with Crippen molar-refractivity contribution in [3.8, 4) is 0 Å². The van der Waals surface area contributed by atoms with Crippen LogP contribution in [0.1, 0.15) is 12.0 Å². The van der Waals surface area contributed by atoms with Crippen molar-refractivity contribution in [3.05, 3.63) is 35.9 Å². The van der Waals surface area contributed by atoms with Gasteiger partial charge in [-0.2, -0.15) is 0 Å². The summed E-state index contributed by atoms with van der Waals surface area (Å²) in [7, 11) is 0. The minimum Gasteiger partial charge on any atom is -0.378 e. The number of morpholine rings is 1. The molecule has 1 aromatic rings. The van der Waals surface area contributed by atoms with Crippen LogP contribution in [0.25, 0.3) is 0 Å². The van der Waals surface area contributed by atoms with E-state index in [2.05, 4.69) is 0 Å². The fraction of sp³-hybridized carbons (Fsp3) is 0.500. The zero-order chi connectivity index (χ0) is 14.7. The number of benzene rings is 1. The SMILES string of the molecule is O=C1CC(C(=O)N2CCOCC2)CN1Cc1ccccc1. The quantitative estimate of drug-likeness (QED) is 0.830. The molecule has 0 spiro atoms. The monoisotopic (exact) mass is 288 g/mol. The molecule has 2 fully saturated rings. The maximum absolute atomic E-state index is 12.4. The minimum absolute atomic E-state index is 0.0745. The topological polar surface area (TPSA) is 49.9 Å². The number of hydrogen-bond acceptors (Lipinski definition) is 3. The lowest BCUT2D eigenvalue weighted by Crippen LogP contribution is -2.44. The summed E-state index contributed by atoms with van der Waals surface area (Å²) in [4.78, 5) is 28.2. The molecule has 2 aliphatic rings. The largest absolute Gasteiger partial charge is 0.378 e. The van der Waals surface area contributed by atoms with Crippen molar-refractivity contribution >= 4 is 11.8 Å². The van der Waals surface area contributed by atoms with E-state index in [4.69, 9.17) is 4.74 Å². The van der Waals surface area contributed by atoms with Crippen LogP contribution in [0.5, 0.6) is 0 Å². The first-order chi connectivity index (χ1) is 10.2. The van der Waals surface area contributed by atoms with Gasteiger partial charge in [-0.1, -0.05) is 30.3 Å². The van der Waals surface area contributed by atoms with E-state index in [1.807, 2.05) is 35.2 Å². The van der Waals surface area contributed by atoms with Gasteiger partial charge in [-0.15, -0.1) is 0 Å². The molecule has 0 saturated carbocycles. The maximum atomic E-state index is 12.4. The summed E-state index contributed by atoms with van der Waals surface area (Å²) in [5.74, 6) is -0.0213. The number of hydrogen-bond donors (Lipinski definition) is 0. The fourth-order valence-corrected chi connectivity index (χ4v) is 2.94. The van der Waals surface area contributed by atoms with Crippen LogP contribution >= 0.6 is 0 Å². The van der Waals surface area contributed by atoms with E-state index in [1.54, 1.807) is 4.90 Å². The van der Waals surface area contributed by atoms with Crippen molar-refractivity contribution in [1.29, 1.82) is 0 Å². The van der Waals surface area contributed by atoms with Gasteiger partial charge < -0.3 is 14.5 Å². The highest BCUT2D eigenvalue weighted by Crippen LogP contribution is 2.22. The molecule has 5 nitrogen and oxygen atoms in total. The first-order valence-corrected chi connectivity index (χ1v) is 7.42. The molecular formula is C16H20N2O3. The fourth-order valence-electron chi connectivity index (χ4n) is 2.94. The molecule has 2 heterocycles. The van der Waals surface area contributed by atoms with Crippen molar-refractivity contribution in [1.82, 2.24) is 9.80 Å². The van der Waals surface area contributed by atoms with Gasteiger partial charge in [0.15, 0.2) is 0 Å². The van der Waals surface area contributed by atoms with Crippen LogP contribution in [-0.2, 0) is 20.9 Å². The van der Waals surface area contributed by atoms with Crippen LogP contribution in [0, 0.1) is 5.92 Å². The summed E-state index contributed by atoms with van der Waals surface area (Å²) in [6.07, 6.45) is 0.336. The van der Waals surface area contributed by atoms with Gasteiger partial charge in [0.2, 0.25) is 11.8 Å². The number of rotatable bonds is 3. The lowest BCUT2D eigenvalue weighted by Gasteiger charge is -2.29. The van der Waals surface area contributed by atoms with Gasteiger partial charge in [0.25, 0.3) is 0 Å². The van der Waals surface area contributed by atoms with E-state index in [0.29, 0.717) is 45.8 Å². The molecule has 5 heteroatoms. The normalized spacial score (nSPS) is 22.7. The Hall–Kier alpha value is -1.88. The average molecular weight is 288 g/mol. The molecule has 112 valence electrons. The third kappa shape index (κ3) is 3.24. The van der Waals surface area contributed by atoms with Crippen LogP contribution in [0.3, 0.4) is 0 Å². The first kappa shape index (κ1) is 14.1. The Morgan fingerprint density at radius 2 is 1.90 bits per heavy atom. The smallest absolute Gasteiger partial charge is 0.228 e. The first-order valence-electron chi connectivity index (χ1n) is 7.42. The van der Waals surface area contributed by atoms with Gasteiger partial charge in [0.1, 0.15) is 0 Å². The summed E-state index contributed by atoms with van der Waals surface area (Å²) in [5, 5.41) is 0. The van der Waals surface area contributed by atoms with Crippen LogP contribution in [-0.4, -0.2) is 54.5 Å². The summed E-state index contributed by atoms with van der Waals surface area (Å²) >= 11 is 0. The molecule has 0 bridgehead atoms. The average Bonchev–Trinajstić information content (AvgIpc) is 2.89. The molecule has 0 aliphatic carbocycles. The molecule has 2 aliphatic heterocycles. The van der Waals surface area contributed by atoms with Crippen LogP contribution < -0.4 is 0 Å². The minimum atomic E-state index is -0.195. The van der Waals surface area contributed by atoms with E-state index in [-0.39, 0.29) is 17.7 Å². The molecule has 21 heavy (non-hydrogen) atoms. The van der Waals surface area contributed by atoms with Gasteiger partial charge in [0.05, 0.1) is 19.1 Å². The van der Waals surface area contributed by atoms with Crippen molar-refractivity contribution in [3.63, 3.8) is 0 Å². The van der Waals surface area contributed by atoms with E-state index < -0.39 is 0 Å². The number of carbonyl (C=O) groups excluding carboxylic acids is 2. The summed E-state index contributed by atoms with van der Waals surface area (Å²) in [6, 6.07) is 9.90. The highest BCUT2D eigenvalue weighted by Gasteiger charge is 2.36. The van der Waals surface area contributed by atoms with Gasteiger partial charge >= 0.3 is 0 Å². The zero-order valence-corrected chi connectivity index (χ0v) is 12.0. The Bertz CT molecular complexity index is 512. The summed E-state index contributed by atoms with van der Waals surface area (Å²) in [5.41, 5.74) is 1.10. The predicted molar refractivity (Wildman–Crippen MR) is 77.4 cm³/mol. The molecule has 2 saturated heterocycles. The number of carbonyl (C=O) groups is 2. The van der Waals surface area contributed by atoms with Crippen LogP contribution in [0.2, 0.25) is 0 Å². The Morgan fingerprint density at radius 1 is 1.19 bits per heavy atom. The molecule has 3 rings (SSSR count). The van der Waals surface area contributed by atoms with Crippen LogP contribution in [0.4, 0.5) is 0 Å². The van der Waals surface area contributed by atoms with Gasteiger partial charge in [0, 0.05) is 32.6 Å². The van der Waals surface area contributed by atoms with Gasteiger partial charge in [-0.3, -0.25) is 9.59 Å². The molecule has 0 radical (unpaired) electrons. The van der Waals surface area contributed by atoms with Gasteiger partial charge in [-0.25, -0.2) is 0 Å². The Morgan fingerprint density at radius 3 is 2.62 bits per heavy atom. The second-order valence-electron chi connectivity index (χ2n) is 5.60. The second kappa shape index (κ2) is 6.26.